The topological polar surface area (TPSA) is 29.1 Å². The van der Waals surface area contributed by atoms with E-state index in [1.807, 2.05) is 19.1 Å². The van der Waals surface area contributed by atoms with Crippen molar-refractivity contribution in [1.82, 2.24) is 5.32 Å². The van der Waals surface area contributed by atoms with Gasteiger partial charge in [-0.15, -0.1) is 0 Å². The first kappa shape index (κ1) is 12.5. The lowest BCUT2D eigenvalue weighted by molar-refractivity contribution is -0.120. The van der Waals surface area contributed by atoms with E-state index in [1.54, 1.807) is 6.07 Å². The number of hydrogen-bond acceptors (Lipinski definition) is 1. The van der Waals surface area contributed by atoms with Gasteiger partial charge in [0.2, 0.25) is 5.91 Å². The molecule has 1 N–H and O–H groups in total. The fourth-order valence-electron chi connectivity index (χ4n) is 1.16. The van der Waals surface area contributed by atoms with Crippen LogP contribution < -0.4 is 5.32 Å². The molecule has 1 aromatic carbocycles. The number of benzene rings is 1. The first-order valence-corrected chi connectivity index (χ1v) is 6.01. The van der Waals surface area contributed by atoms with Gasteiger partial charge >= 0.3 is 0 Å². The zero-order chi connectivity index (χ0) is 11.3. The van der Waals surface area contributed by atoms with Gasteiger partial charge in [0, 0.05) is 11.0 Å². The van der Waals surface area contributed by atoms with E-state index < -0.39 is 0 Å². The van der Waals surface area contributed by atoms with Crippen LogP contribution in [0.25, 0.3) is 0 Å². The Morgan fingerprint density at radius 1 is 1.53 bits per heavy atom. The quantitative estimate of drug-likeness (QED) is 0.907. The van der Waals surface area contributed by atoms with Crippen molar-refractivity contribution in [1.29, 1.82) is 0 Å². The number of halogens is 2. The molecule has 0 heterocycles. The average molecular weight is 291 g/mol. The SMILES string of the molecule is CCCNC(=O)Cc1ccc(Br)c(Cl)c1. The number of carbonyl (C=O) groups excluding carboxylic acids is 1. The normalized spacial score (nSPS) is 10.1. The van der Waals surface area contributed by atoms with E-state index in [0.717, 1.165) is 23.0 Å². The molecule has 0 spiro atoms. The van der Waals surface area contributed by atoms with Crippen LogP contribution in [0.4, 0.5) is 0 Å². The second-order valence-electron chi connectivity index (χ2n) is 3.28. The molecule has 0 aliphatic heterocycles. The Kier molecular flexibility index (Phi) is 5.12. The van der Waals surface area contributed by atoms with Crippen molar-refractivity contribution in [2.75, 3.05) is 6.54 Å². The summed E-state index contributed by atoms with van der Waals surface area (Å²) in [6.07, 6.45) is 1.33. The van der Waals surface area contributed by atoms with Gasteiger partial charge in [-0.1, -0.05) is 24.6 Å². The second-order valence-corrected chi connectivity index (χ2v) is 4.54. The third-order valence-electron chi connectivity index (χ3n) is 1.92. The van der Waals surface area contributed by atoms with Gasteiger partial charge in [-0.25, -0.2) is 0 Å². The van der Waals surface area contributed by atoms with Crippen LogP contribution >= 0.6 is 27.5 Å². The predicted octanol–water partition coefficient (Wildman–Crippen LogP) is 3.17. The van der Waals surface area contributed by atoms with Crippen LogP contribution in [0, 0.1) is 0 Å². The van der Waals surface area contributed by atoms with Gasteiger partial charge in [0.15, 0.2) is 0 Å². The lowest BCUT2D eigenvalue weighted by atomic mass is 10.1. The summed E-state index contributed by atoms with van der Waals surface area (Å²) in [6, 6.07) is 5.55. The molecule has 4 heteroatoms. The lowest BCUT2D eigenvalue weighted by Crippen LogP contribution is -2.25. The first-order chi connectivity index (χ1) is 7.13. The summed E-state index contributed by atoms with van der Waals surface area (Å²) in [6.45, 7) is 2.75. The van der Waals surface area contributed by atoms with Crippen molar-refractivity contribution in [3.8, 4) is 0 Å². The van der Waals surface area contributed by atoms with E-state index in [-0.39, 0.29) is 5.91 Å². The first-order valence-electron chi connectivity index (χ1n) is 4.84. The molecular formula is C11H13BrClNO. The highest BCUT2D eigenvalue weighted by atomic mass is 79.9. The Bertz CT molecular complexity index is 354. The van der Waals surface area contributed by atoms with E-state index in [0.29, 0.717) is 11.4 Å². The van der Waals surface area contributed by atoms with Crippen LogP contribution in [0.15, 0.2) is 22.7 Å². The second kappa shape index (κ2) is 6.13. The third kappa shape index (κ3) is 4.22. The number of nitrogens with one attached hydrogen (secondary N) is 1. The van der Waals surface area contributed by atoms with E-state index >= 15 is 0 Å². The highest BCUT2D eigenvalue weighted by Gasteiger charge is 2.04. The van der Waals surface area contributed by atoms with Gasteiger partial charge in [-0.05, 0) is 40.0 Å². The number of rotatable bonds is 4. The minimum Gasteiger partial charge on any atom is -0.356 e. The summed E-state index contributed by atoms with van der Waals surface area (Å²) < 4.78 is 0.849. The highest BCUT2D eigenvalue weighted by Crippen LogP contribution is 2.23. The third-order valence-corrected chi connectivity index (χ3v) is 3.15. The van der Waals surface area contributed by atoms with Crippen LogP contribution in [-0.2, 0) is 11.2 Å². The molecule has 0 aliphatic carbocycles. The largest absolute Gasteiger partial charge is 0.356 e. The minimum absolute atomic E-state index is 0.0373. The smallest absolute Gasteiger partial charge is 0.224 e. The Labute approximate surface area is 103 Å². The van der Waals surface area contributed by atoms with E-state index in [2.05, 4.69) is 21.2 Å². The van der Waals surface area contributed by atoms with Gasteiger partial charge in [-0.2, -0.15) is 0 Å². The van der Waals surface area contributed by atoms with Gasteiger partial charge in [0.05, 0.1) is 11.4 Å². The molecule has 0 aliphatic rings. The van der Waals surface area contributed by atoms with Crippen molar-refractivity contribution in [2.24, 2.45) is 0 Å². The maximum atomic E-state index is 11.4. The molecule has 0 atom stereocenters. The molecule has 0 bridgehead atoms. The van der Waals surface area contributed by atoms with E-state index in [9.17, 15) is 4.79 Å². The van der Waals surface area contributed by atoms with E-state index in [4.69, 9.17) is 11.6 Å². The van der Waals surface area contributed by atoms with Crippen LogP contribution in [0.3, 0.4) is 0 Å². The molecule has 0 unspecified atom stereocenters. The van der Waals surface area contributed by atoms with Crippen LogP contribution in [0.5, 0.6) is 0 Å². The summed E-state index contributed by atoms with van der Waals surface area (Å²) >= 11 is 9.23. The zero-order valence-corrected chi connectivity index (χ0v) is 10.9. The van der Waals surface area contributed by atoms with Crippen molar-refractivity contribution < 1.29 is 4.79 Å². The summed E-state index contributed by atoms with van der Waals surface area (Å²) in [5.41, 5.74) is 0.928. The number of hydrogen-bond donors (Lipinski definition) is 1. The molecule has 0 saturated heterocycles. The van der Waals surface area contributed by atoms with Crippen LogP contribution in [0.2, 0.25) is 5.02 Å². The Hall–Kier alpha value is -0.540. The van der Waals surface area contributed by atoms with Crippen molar-refractivity contribution >= 4 is 33.4 Å². The molecule has 2 nitrogen and oxygen atoms in total. The standard InChI is InChI=1S/C11H13BrClNO/c1-2-5-14-11(15)7-8-3-4-9(12)10(13)6-8/h3-4,6H,2,5,7H2,1H3,(H,14,15). The summed E-state index contributed by atoms with van der Waals surface area (Å²) in [5.74, 6) is 0.0373. The Morgan fingerprint density at radius 2 is 2.27 bits per heavy atom. The van der Waals surface area contributed by atoms with Crippen molar-refractivity contribution in [3.05, 3.63) is 33.3 Å². The molecule has 0 radical (unpaired) electrons. The Balaban J connectivity index is 2.57. The number of carbonyl (C=O) groups is 1. The van der Waals surface area contributed by atoms with Crippen LogP contribution in [0.1, 0.15) is 18.9 Å². The summed E-state index contributed by atoms with van der Waals surface area (Å²) in [5, 5.41) is 3.46. The van der Waals surface area contributed by atoms with Gasteiger partial charge in [-0.3, -0.25) is 4.79 Å². The molecule has 0 saturated carbocycles. The summed E-state index contributed by atoms with van der Waals surface area (Å²) in [7, 11) is 0. The predicted molar refractivity (Wildman–Crippen MR) is 66.2 cm³/mol. The molecule has 1 aromatic rings. The summed E-state index contributed by atoms with van der Waals surface area (Å²) in [4.78, 5) is 11.4. The van der Waals surface area contributed by atoms with E-state index in [1.165, 1.54) is 0 Å². The van der Waals surface area contributed by atoms with Crippen molar-refractivity contribution in [3.63, 3.8) is 0 Å². The zero-order valence-electron chi connectivity index (χ0n) is 8.52. The fraction of sp³-hybridized carbons (Fsp3) is 0.364. The monoisotopic (exact) mass is 289 g/mol. The molecule has 1 rings (SSSR count). The molecule has 1 amide bonds. The van der Waals surface area contributed by atoms with Gasteiger partial charge in [0.1, 0.15) is 0 Å². The Morgan fingerprint density at radius 3 is 2.87 bits per heavy atom. The molecule has 0 aromatic heterocycles. The maximum absolute atomic E-state index is 11.4. The van der Waals surface area contributed by atoms with Crippen LogP contribution in [-0.4, -0.2) is 12.5 Å². The molecular weight excluding hydrogens is 277 g/mol. The van der Waals surface area contributed by atoms with Gasteiger partial charge < -0.3 is 5.32 Å². The molecule has 0 fully saturated rings. The minimum atomic E-state index is 0.0373. The number of amides is 1. The lowest BCUT2D eigenvalue weighted by Gasteiger charge is -2.04. The average Bonchev–Trinajstić information content (AvgIpc) is 2.20. The highest BCUT2D eigenvalue weighted by molar-refractivity contribution is 9.10. The van der Waals surface area contributed by atoms with Crippen molar-refractivity contribution in [2.45, 2.75) is 19.8 Å². The van der Waals surface area contributed by atoms with Gasteiger partial charge in [0.25, 0.3) is 0 Å². The molecule has 82 valence electrons. The maximum Gasteiger partial charge on any atom is 0.224 e. The molecule has 15 heavy (non-hydrogen) atoms. The fourth-order valence-corrected chi connectivity index (χ4v) is 1.61.